The zero-order valence-electron chi connectivity index (χ0n) is 12.3. The van der Waals surface area contributed by atoms with E-state index in [-0.39, 0.29) is 24.8 Å². The van der Waals surface area contributed by atoms with Crippen LogP contribution in [0.1, 0.15) is 20.3 Å². The quantitative estimate of drug-likeness (QED) is 0.870. The van der Waals surface area contributed by atoms with E-state index in [1.54, 1.807) is 0 Å². The van der Waals surface area contributed by atoms with Gasteiger partial charge in [0.1, 0.15) is 0 Å². The fourth-order valence-electron chi connectivity index (χ4n) is 2.15. The van der Waals surface area contributed by atoms with Crippen molar-refractivity contribution in [2.75, 3.05) is 36.9 Å². The van der Waals surface area contributed by atoms with E-state index in [4.69, 9.17) is 0 Å². The number of anilines is 2. The highest BCUT2D eigenvalue weighted by Crippen LogP contribution is 2.21. The zero-order valence-corrected chi connectivity index (χ0v) is 13.9. The van der Waals surface area contributed by atoms with Gasteiger partial charge in [0, 0.05) is 31.7 Å². The molecule has 1 atom stereocenters. The molecule has 0 spiro atoms. The molecule has 1 aromatic heterocycles. The molecule has 1 unspecified atom stereocenters. The van der Waals surface area contributed by atoms with Crippen molar-refractivity contribution < 1.29 is 0 Å². The summed E-state index contributed by atoms with van der Waals surface area (Å²) in [5.41, 5.74) is 1.16. The van der Waals surface area contributed by atoms with Gasteiger partial charge >= 0.3 is 0 Å². The number of nitrogens with one attached hydrogen (secondary N) is 2. The lowest BCUT2D eigenvalue weighted by molar-refractivity contribution is 0.617. The molecule has 0 bridgehead atoms. The number of hydrogen-bond donors (Lipinski definition) is 2. The average molecular weight is 322 g/mol. The molecule has 0 aliphatic carbocycles. The number of hydrogen-bond acceptors (Lipinski definition) is 5. The first-order chi connectivity index (χ1) is 8.69. The van der Waals surface area contributed by atoms with Crippen LogP contribution < -0.4 is 15.5 Å². The molecule has 2 heterocycles. The molecular weight excluding hydrogens is 297 g/mol. The summed E-state index contributed by atoms with van der Waals surface area (Å²) in [6.07, 6.45) is 3.03. The molecule has 20 heavy (non-hydrogen) atoms. The molecule has 2 N–H and O–H groups in total. The van der Waals surface area contributed by atoms with Gasteiger partial charge in [-0.15, -0.1) is 29.9 Å². The monoisotopic (exact) mass is 321 g/mol. The Morgan fingerprint density at radius 2 is 2.15 bits per heavy atom. The maximum absolute atomic E-state index is 4.12. The third-order valence-corrected chi connectivity index (χ3v) is 3.29. The van der Waals surface area contributed by atoms with Gasteiger partial charge in [0.2, 0.25) is 0 Å². The molecular formula is C13H25Cl2N5. The second-order valence-electron chi connectivity index (χ2n) is 5.29. The zero-order chi connectivity index (χ0) is 13.0. The van der Waals surface area contributed by atoms with E-state index in [1.165, 1.54) is 6.42 Å². The standard InChI is InChI=1S/C13H23N5.2ClH/c1-10(2)7-15-13-6-12(8-16-17-13)18-5-4-11(9-18)14-3;;/h6,8,10-11,14H,4-5,7,9H2,1-3H3,(H,15,17);2*1H. The van der Waals surface area contributed by atoms with Crippen molar-refractivity contribution in [1.82, 2.24) is 15.5 Å². The molecule has 1 aliphatic rings. The Bertz CT molecular complexity index is 389. The highest BCUT2D eigenvalue weighted by atomic mass is 35.5. The maximum Gasteiger partial charge on any atom is 0.150 e. The van der Waals surface area contributed by atoms with Crippen molar-refractivity contribution in [1.29, 1.82) is 0 Å². The minimum Gasteiger partial charge on any atom is -0.369 e. The van der Waals surface area contributed by atoms with Crippen LogP contribution in [-0.4, -0.2) is 42.9 Å². The first-order valence-corrected chi connectivity index (χ1v) is 6.68. The number of likely N-dealkylation sites (N-methyl/N-ethyl adjacent to an activating group) is 1. The van der Waals surface area contributed by atoms with E-state index in [0.29, 0.717) is 12.0 Å². The van der Waals surface area contributed by atoms with Gasteiger partial charge in [-0.05, 0) is 19.4 Å². The Labute approximate surface area is 133 Å². The first-order valence-electron chi connectivity index (χ1n) is 6.68. The second-order valence-corrected chi connectivity index (χ2v) is 5.29. The van der Waals surface area contributed by atoms with Crippen LogP contribution in [0.3, 0.4) is 0 Å². The lowest BCUT2D eigenvalue weighted by Crippen LogP contribution is -2.29. The van der Waals surface area contributed by atoms with Crippen molar-refractivity contribution in [3.05, 3.63) is 12.3 Å². The molecule has 1 saturated heterocycles. The fraction of sp³-hybridized carbons (Fsp3) is 0.692. The highest BCUT2D eigenvalue weighted by molar-refractivity contribution is 5.85. The molecule has 1 aromatic rings. The van der Waals surface area contributed by atoms with Crippen molar-refractivity contribution in [3.8, 4) is 0 Å². The first kappa shape index (κ1) is 19.2. The van der Waals surface area contributed by atoms with Crippen LogP contribution in [0.15, 0.2) is 12.3 Å². The molecule has 1 aliphatic heterocycles. The van der Waals surface area contributed by atoms with Crippen LogP contribution in [0, 0.1) is 5.92 Å². The third kappa shape index (κ3) is 5.31. The minimum absolute atomic E-state index is 0. The molecule has 116 valence electrons. The van der Waals surface area contributed by atoms with Gasteiger partial charge in [-0.1, -0.05) is 13.8 Å². The summed E-state index contributed by atoms with van der Waals surface area (Å²) in [6, 6.07) is 2.68. The second kappa shape index (κ2) is 9.21. The van der Waals surface area contributed by atoms with Crippen LogP contribution in [0.25, 0.3) is 0 Å². The van der Waals surface area contributed by atoms with Gasteiger partial charge in [-0.3, -0.25) is 0 Å². The minimum atomic E-state index is 0. The lowest BCUT2D eigenvalue weighted by atomic mass is 10.2. The summed E-state index contributed by atoms with van der Waals surface area (Å²) < 4.78 is 0. The summed E-state index contributed by atoms with van der Waals surface area (Å²) in [7, 11) is 2.02. The van der Waals surface area contributed by atoms with E-state index in [1.807, 2.05) is 13.2 Å². The van der Waals surface area contributed by atoms with Crippen molar-refractivity contribution in [2.45, 2.75) is 26.3 Å². The van der Waals surface area contributed by atoms with Crippen LogP contribution in [0.2, 0.25) is 0 Å². The summed E-state index contributed by atoms with van der Waals surface area (Å²) >= 11 is 0. The number of halogens is 2. The van der Waals surface area contributed by atoms with Crippen LogP contribution in [-0.2, 0) is 0 Å². The van der Waals surface area contributed by atoms with Crippen molar-refractivity contribution in [3.63, 3.8) is 0 Å². The summed E-state index contributed by atoms with van der Waals surface area (Å²) in [5.74, 6) is 1.48. The molecule has 0 aromatic carbocycles. The fourth-order valence-corrected chi connectivity index (χ4v) is 2.15. The third-order valence-electron chi connectivity index (χ3n) is 3.29. The van der Waals surface area contributed by atoms with E-state index >= 15 is 0 Å². The number of nitrogens with zero attached hydrogens (tertiary/aromatic N) is 3. The topological polar surface area (TPSA) is 53.1 Å². The van der Waals surface area contributed by atoms with Gasteiger partial charge < -0.3 is 15.5 Å². The Morgan fingerprint density at radius 1 is 1.40 bits per heavy atom. The Hall–Kier alpha value is -0.780. The van der Waals surface area contributed by atoms with E-state index < -0.39 is 0 Å². The summed E-state index contributed by atoms with van der Waals surface area (Å²) in [6.45, 7) is 7.43. The van der Waals surface area contributed by atoms with Crippen LogP contribution in [0.5, 0.6) is 0 Å². The molecule has 0 radical (unpaired) electrons. The highest BCUT2D eigenvalue weighted by Gasteiger charge is 2.21. The average Bonchev–Trinajstić information content (AvgIpc) is 2.85. The van der Waals surface area contributed by atoms with Gasteiger partial charge in [-0.25, -0.2) is 0 Å². The predicted molar refractivity (Wildman–Crippen MR) is 89.5 cm³/mol. The SMILES string of the molecule is CNC1CCN(c2cnnc(NCC(C)C)c2)C1.Cl.Cl. The van der Waals surface area contributed by atoms with Gasteiger partial charge in [-0.2, -0.15) is 5.10 Å². The van der Waals surface area contributed by atoms with E-state index in [9.17, 15) is 0 Å². The molecule has 7 heteroatoms. The Morgan fingerprint density at radius 3 is 2.75 bits per heavy atom. The molecule has 0 saturated carbocycles. The summed E-state index contributed by atoms with van der Waals surface area (Å²) in [4.78, 5) is 2.36. The van der Waals surface area contributed by atoms with Crippen molar-refractivity contribution in [2.24, 2.45) is 5.92 Å². The van der Waals surface area contributed by atoms with E-state index in [0.717, 1.165) is 31.1 Å². The normalized spacial score (nSPS) is 17.6. The molecule has 5 nitrogen and oxygen atoms in total. The lowest BCUT2D eigenvalue weighted by Gasteiger charge is -2.18. The number of aromatic nitrogens is 2. The predicted octanol–water partition coefficient (Wildman–Crippen LogP) is 2.19. The van der Waals surface area contributed by atoms with Crippen LogP contribution in [0.4, 0.5) is 11.5 Å². The molecule has 1 fully saturated rings. The smallest absolute Gasteiger partial charge is 0.150 e. The van der Waals surface area contributed by atoms with Crippen LogP contribution >= 0.6 is 24.8 Å². The summed E-state index contributed by atoms with van der Waals surface area (Å²) in [5, 5.41) is 14.8. The Balaban J connectivity index is 0.00000180. The van der Waals surface area contributed by atoms with Crippen molar-refractivity contribution >= 4 is 36.3 Å². The Kier molecular flexibility index (Phi) is 8.85. The largest absolute Gasteiger partial charge is 0.369 e. The number of rotatable bonds is 5. The maximum atomic E-state index is 4.12. The van der Waals surface area contributed by atoms with Gasteiger partial charge in [0.25, 0.3) is 0 Å². The molecule has 0 amide bonds. The van der Waals surface area contributed by atoms with E-state index in [2.05, 4.69) is 45.6 Å². The van der Waals surface area contributed by atoms with Gasteiger partial charge in [0.05, 0.1) is 11.9 Å². The van der Waals surface area contributed by atoms with Gasteiger partial charge in [0.15, 0.2) is 5.82 Å². The molecule has 2 rings (SSSR count).